The highest BCUT2D eigenvalue weighted by molar-refractivity contribution is 7.87. The Bertz CT molecular complexity index is 219. The Morgan fingerprint density at radius 1 is 1.33 bits per heavy atom. The maximum atomic E-state index is 11.4. The summed E-state index contributed by atoms with van der Waals surface area (Å²) in [7, 11) is -5.70. The van der Waals surface area contributed by atoms with Gasteiger partial charge < -0.3 is 5.11 Å². The third-order valence-electron chi connectivity index (χ3n) is 0.596. The number of hydrogen-bond donors (Lipinski definition) is 1. The van der Waals surface area contributed by atoms with Crippen molar-refractivity contribution in [3.8, 4) is 0 Å². The predicted octanol–water partition coefficient (Wildman–Crippen LogP) is -0.223. The molecule has 0 fully saturated rings. The maximum absolute atomic E-state index is 11.4. The van der Waals surface area contributed by atoms with Gasteiger partial charge in [-0.1, -0.05) is 4.33 Å². The Morgan fingerprint density at radius 3 is 2.17 bits per heavy atom. The van der Waals surface area contributed by atoms with Crippen LogP contribution >= 0.6 is 0 Å². The van der Waals surface area contributed by atoms with Crippen LogP contribution in [0.15, 0.2) is 0 Å². The molecule has 0 aliphatic heterocycles. The van der Waals surface area contributed by atoms with Crippen LogP contribution in [0.1, 0.15) is 0 Å². The van der Waals surface area contributed by atoms with Gasteiger partial charge >= 0.3 is 15.6 Å². The van der Waals surface area contributed by atoms with Crippen LogP contribution in [0, 0.1) is 0 Å². The molecule has 74 valence electrons. The van der Waals surface area contributed by atoms with Gasteiger partial charge in [-0.3, -0.25) is 0 Å². The molecular weight excluding hydrogens is 205 g/mol. The Labute approximate surface area is 65.8 Å². The zero-order chi connectivity index (χ0) is 9.83. The number of alkyl halides is 3. The van der Waals surface area contributed by atoms with E-state index in [9.17, 15) is 21.6 Å². The third-order valence-corrected chi connectivity index (χ3v) is 1.44. The second kappa shape index (κ2) is 4.03. The van der Waals surface area contributed by atoms with Crippen molar-refractivity contribution in [2.24, 2.45) is 0 Å². The van der Waals surface area contributed by atoms with Crippen LogP contribution in [0.2, 0.25) is 0 Å². The van der Waals surface area contributed by atoms with Crippen molar-refractivity contribution in [3.63, 3.8) is 0 Å². The van der Waals surface area contributed by atoms with Gasteiger partial charge in [-0.2, -0.15) is 21.6 Å². The summed E-state index contributed by atoms with van der Waals surface area (Å²) in [6, 6.07) is 0. The first-order valence-electron chi connectivity index (χ1n) is 2.54. The fourth-order valence-electron chi connectivity index (χ4n) is 0.173. The maximum Gasteiger partial charge on any atom is 0.525 e. The van der Waals surface area contributed by atoms with Gasteiger partial charge in [0.25, 0.3) is 0 Å². The molecule has 0 amide bonds. The highest BCUT2D eigenvalue weighted by atomic mass is 32.2. The van der Waals surface area contributed by atoms with Crippen molar-refractivity contribution >= 4 is 10.1 Å². The van der Waals surface area contributed by atoms with Crippen LogP contribution in [0.3, 0.4) is 0 Å². The van der Waals surface area contributed by atoms with Crippen molar-refractivity contribution in [2.45, 2.75) is 5.51 Å². The number of hydrogen-bond acceptors (Lipinski definition) is 5. The Morgan fingerprint density at radius 2 is 1.83 bits per heavy atom. The molecule has 0 saturated carbocycles. The van der Waals surface area contributed by atoms with Gasteiger partial charge in [0.05, 0.1) is 6.61 Å². The molecule has 0 aromatic carbocycles. The third kappa shape index (κ3) is 3.34. The van der Waals surface area contributed by atoms with E-state index in [1.807, 2.05) is 0 Å². The van der Waals surface area contributed by atoms with Crippen molar-refractivity contribution < 1.29 is 35.9 Å². The fourth-order valence-corrected chi connectivity index (χ4v) is 0.445. The van der Waals surface area contributed by atoms with Gasteiger partial charge in [0, 0.05) is 0 Å². The van der Waals surface area contributed by atoms with Gasteiger partial charge in [-0.15, -0.1) is 0 Å². The van der Waals surface area contributed by atoms with Gasteiger partial charge in [-0.25, -0.2) is 4.89 Å². The molecular formula is C3H5F3O5S. The minimum Gasteiger partial charge on any atom is -0.394 e. The van der Waals surface area contributed by atoms with E-state index in [2.05, 4.69) is 9.22 Å². The van der Waals surface area contributed by atoms with Crippen LogP contribution in [0.25, 0.3) is 0 Å². The highest BCUT2D eigenvalue weighted by Crippen LogP contribution is 2.24. The Balaban J connectivity index is 4.08. The summed E-state index contributed by atoms with van der Waals surface area (Å²) < 4.78 is 57.2. The van der Waals surface area contributed by atoms with Crippen molar-refractivity contribution in [2.75, 3.05) is 13.2 Å². The summed E-state index contributed by atoms with van der Waals surface area (Å²) in [5.74, 6) is 0. The first-order chi connectivity index (χ1) is 5.31. The summed E-state index contributed by atoms with van der Waals surface area (Å²) >= 11 is 0. The lowest BCUT2D eigenvalue weighted by atomic mass is 10.8. The van der Waals surface area contributed by atoms with Crippen molar-refractivity contribution in [1.82, 2.24) is 0 Å². The first-order valence-corrected chi connectivity index (χ1v) is 3.95. The summed E-state index contributed by atoms with van der Waals surface area (Å²) in [6.45, 7) is -1.30. The van der Waals surface area contributed by atoms with E-state index in [0.717, 1.165) is 0 Å². The van der Waals surface area contributed by atoms with E-state index in [-0.39, 0.29) is 0 Å². The molecule has 0 saturated heterocycles. The second-order valence-electron chi connectivity index (χ2n) is 1.51. The lowest BCUT2D eigenvalue weighted by Gasteiger charge is -2.05. The molecule has 12 heavy (non-hydrogen) atoms. The van der Waals surface area contributed by atoms with E-state index in [1.54, 1.807) is 0 Å². The van der Waals surface area contributed by atoms with Crippen molar-refractivity contribution in [1.29, 1.82) is 0 Å². The summed E-state index contributed by atoms with van der Waals surface area (Å²) in [6.07, 6.45) is 0. The van der Waals surface area contributed by atoms with Gasteiger partial charge in [0.15, 0.2) is 0 Å². The summed E-state index contributed by atoms with van der Waals surface area (Å²) in [5, 5.41) is 7.98. The molecule has 0 atom stereocenters. The zero-order valence-electron chi connectivity index (χ0n) is 5.54. The molecule has 0 bridgehead atoms. The molecule has 0 aromatic rings. The summed E-state index contributed by atoms with van der Waals surface area (Å²) in [5.41, 5.74) is -5.51. The average Bonchev–Trinajstić information content (AvgIpc) is 1.85. The largest absolute Gasteiger partial charge is 0.525 e. The van der Waals surface area contributed by atoms with E-state index >= 15 is 0 Å². The van der Waals surface area contributed by atoms with Gasteiger partial charge in [0.1, 0.15) is 6.61 Å². The molecule has 1 N–H and O–H groups in total. The van der Waals surface area contributed by atoms with Gasteiger partial charge in [0.2, 0.25) is 0 Å². The lowest BCUT2D eigenvalue weighted by molar-refractivity contribution is -0.219. The standard InChI is InChI=1S/C3H5F3O5S/c4-3(5,6)12(8,9)11-10-2-1-7/h7H,1-2H2. The Kier molecular flexibility index (Phi) is 3.90. The minimum atomic E-state index is -5.70. The van der Waals surface area contributed by atoms with Crippen LogP contribution in [0.4, 0.5) is 13.2 Å². The number of aliphatic hydroxyl groups is 1. The van der Waals surface area contributed by atoms with Crippen LogP contribution in [-0.4, -0.2) is 32.2 Å². The highest BCUT2D eigenvalue weighted by Gasteiger charge is 2.48. The van der Waals surface area contributed by atoms with E-state index in [1.165, 1.54) is 0 Å². The van der Waals surface area contributed by atoms with E-state index in [0.29, 0.717) is 0 Å². The molecule has 0 unspecified atom stereocenters. The zero-order valence-corrected chi connectivity index (χ0v) is 6.35. The molecule has 0 rings (SSSR count). The van der Waals surface area contributed by atoms with Crippen LogP contribution in [-0.2, 0) is 19.3 Å². The van der Waals surface area contributed by atoms with Crippen LogP contribution < -0.4 is 0 Å². The minimum absolute atomic E-state index is 0.645. The molecule has 0 spiro atoms. The quantitative estimate of drug-likeness (QED) is 0.300. The lowest BCUT2D eigenvalue weighted by Crippen LogP contribution is -2.26. The number of rotatable bonds is 4. The molecule has 0 heterocycles. The Hall–Kier alpha value is -0.380. The summed E-state index contributed by atoms with van der Waals surface area (Å²) in [4.78, 5) is 3.52. The normalized spacial score (nSPS) is 13.3. The molecule has 0 radical (unpaired) electrons. The van der Waals surface area contributed by atoms with Crippen LogP contribution in [0.5, 0.6) is 0 Å². The molecule has 0 aromatic heterocycles. The predicted molar refractivity (Wildman–Crippen MR) is 29.1 cm³/mol. The fraction of sp³-hybridized carbons (Fsp3) is 1.00. The molecule has 9 heteroatoms. The van der Waals surface area contributed by atoms with Crippen molar-refractivity contribution in [3.05, 3.63) is 0 Å². The number of halogens is 3. The molecule has 5 nitrogen and oxygen atoms in total. The SMILES string of the molecule is O=S(=O)(OOCCO)C(F)(F)F. The van der Waals surface area contributed by atoms with E-state index in [4.69, 9.17) is 5.11 Å². The second-order valence-corrected chi connectivity index (χ2v) is 3.02. The van der Waals surface area contributed by atoms with E-state index < -0.39 is 28.8 Å². The first kappa shape index (κ1) is 11.6. The monoisotopic (exact) mass is 210 g/mol. The van der Waals surface area contributed by atoms with Gasteiger partial charge in [-0.05, 0) is 0 Å². The number of aliphatic hydroxyl groups excluding tert-OH is 1. The smallest absolute Gasteiger partial charge is 0.394 e. The topological polar surface area (TPSA) is 72.8 Å². The average molecular weight is 210 g/mol. The molecule has 0 aliphatic rings. The molecule has 0 aliphatic carbocycles.